The molecule has 0 saturated heterocycles. The first-order chi connectivity index (χ1) is 9.27. The van der Waals surface area contributed by atoms with Crippen LogP contribution in [-0.4, -0.2) is 11.5 Å². The van der Waals surface area contributed by atoms with Gasteiger partial charge in [0.2, 0.25) is 0 Å². The van der Waals surface area contributed by atoms with Gasteiger partial charge in [-0.3, -0.25) is 4.98 Å². The average Bonchev–Trinajstić information content (AvgIpc) is 2.47. The van der Waals surface area contributed by atoms with Crippen LogP contribution in [0, 0.1) is 0 Å². The van der Waals surface area contributed by atoms with E-state index in [1.54, 1.807) is 0 Å². The van der Waals surface area contributed by atoms with E-state index in [0.717, 1.165) is 30.8 Å². The third kappa shape index (κ3) is 2.16. The van der Waals surface area contributed by atoms with Crippen LogP contribution in [0.25, 0.3) is 0 Å². The summed E-state index contributed by atoms with van der Waals surface area (Å²) >= 11 is 0. The number of hydrogen-bond donors (Lipinski definition) is 1. The maximum absolute atomic E-state index is 6.10. The van der Waals surface area contributed by atoms with Gasteiger partial charge in [-0.05, 0) is 49.6 Å². The molecule has 0 spiro atoms. The molecule has 2 aromatic rings. The van der Waals surface area contributed by atoms with E-state index in [9.17, 15) is 0 Å². The maximum atomic E-state index is 6.10. The quantitative estimate of drug-likeness (QED) is 0.836. The molecule has 1 aromatic heterocycles. The van der Waals surface area contributed by atoms with Gasteiger partial charge in [0, 0.05) is 24.1 Å². The normalized spacial score (nSPS) is 15.9. The highest BCUT2D eigenvalue weighted by atomic mass is 15.2. The SMILES string of the molecule is CC(c1ccccn1)N1CCCc2c(N)cccc21. The van der Waals surface area contributed by atoms with Crippen LogP contribution in [-0.2, 0) is 6.42 Å². The zero-order chi connectivity index (χ0) is 13.2. The number of fused-ring (bicyclic) bond motifs is 1. The van der Waals surface area contributed by atoms with Crippen molar-refractivity contribution in [2.45, 2.75) is 25.8 Å². The summed E-state index contributed by atoms with van der Waals surface area (Å²) in [6, 6.07) is 12.6. The molecule has 1 aliphatic rings. The van der Waals surface area contributed by atoms with E-state index in [1.165, 1.54) is 11.3 Å². The molecule has 98 valence electrons. The molecule has 19 heavy (non-hydrogen) atoms. The number of anilines is 2. The van der Waals surface area contributed by atoms with Crippen LogP contribution in [0.4, 0.5) is 11.4 Å². The van der Waals surface area contributed by atoms with Crippen molar-refractivity contribution >= 4 is 11.4 Å². The molecule has 3 rings (SSSR count). The number of pyridine rings is 1. The Labute approximate surface area is 114 Å². The molecule has 2 heterocycles. The number of rotatable bonds is 2. The van der Waals surface area contributed by atoms with E-state index in [2.05, 4.69) is 28.9 Å². The maximum Gasteiger partial charge on any atom is 0.0685 e. The zero-order valence-corrected chi connectivity index (χ0v) is 11.2. The smallest absolute Gasteiger partial charge is 0.0685 e. The first-order valence-corrected chi connectivity index (χ1v) is 6.82. The van der Waals surface area contributed by atoms with Gasteiger partial charge in [-0.2, -0.15) is 0 Å². The van der Waals surface area contributed by atoms with Crippen molar-refractivity contribution in [3.8, 4) is 0 Å². The topological polar surface area (TPSA) is 42.2 Å². The van der Waals surface area contributed by atoms with E-state index in [-0.39, 0.29) is 6.04 Å². The van der Waals surface area contributed by atoms with Crippen LogP contribution < -0.4 is 10.6 Å². The van der Waals surface area contributed by atoms with Gasteiger partial charge in [0.15, 0.2) is 0 Å². The van der Waals surface area contributed by atoms with Crippen molar-refractivity contribution < 1.29 is 0 Å². The van der Waals surface area contributed by atoms with Crippen molar-refractivity contribution in [3.05, 3.63) is 53.9 Å². The largest absolute Gasteiger partial charge is 0.398 e. The number of nitrogens with two attached hydrogens (primary N) is 1. The molecule has 1 atom stereocenters. The number of benzene rings is 1. The molecule has 1 aliphatic heterocycles. The van der Waals surface area contributed by atoms with E-state index in [1.807, 2.05) is 30.5 Å². The Balaban J connectivity index is 1.98. The lowest BCUT2D eigenvalue weighted by Crippen LogP contribution is -2.32. The first kappa shape index (κ1) is 12.0. The van der Waals surface area contributed by atoms with Crippen LogP contribution in [0.5, 0.6) is 0 Å². The summed E-state index contributed by atoms with van der Waals surface area (Å²) in [6.07, 6.45) is 4.09. The van der Waals surface area contributed by atoms with Crippen molar-refractivity contribution in [3.63, 3.8) is 0 Å². The molecule has 3 nitrogen and oxygen atoms in total. The molecule has 0 bridgehead atoms. The highest BCUT2D eigenvalue weighted by Gasteiger charge is 2.23. The molecule has 0 amide bonds. The van der Waals surface area contributed by atoms with Crippen LogP contribution in [0.15, 0.2) is 42.6 Å². The minimum Gasteiger partial charge on any atom is -0.398 e. The Morgan fingerprint density at radius 2 is 2.11 bits per heavy atom. The van der Waals surface area contributed by atoms with Gasteiger partial charge in [0.05, 0.1) is 11.7 Å². The predicted molar refractivity (Wildman–Crippen MR) is 79.2 cm³/mol. The van der Waals surface area contributed by atoms with E-state index in [4.69, 9.17) is 5.73 Å². The Bertz CT molecular complexity index is 565. The molecule has 2 N–H and O–H groups in total. The fraction of sp³-hybridized carbons (Fsp3) is 0.312. The van der Waals surface area contributed by atoms with Crippen LogP contribution in [0.3, 0.4) is 0 Å². The van der Waals surface area contributed by atoms with Crippen LogP contribution >= 0.6 is 0 Å². The van der Waals surface area contributed by atoms with E-state index in [0.29, 0.717) is 0 Å². The second-order valence-corrected chi connectivity index (χ2v) is 5.07. The van der Waals surface area contributed by atoms with Gasteiger partial charge >= 0.3 is 0 Å². The van der Waals surface area contributed by atoms with Gasteiger partial charge in [-0.15, -0.1) is 0 Å². The van der Waals surface area contributed by atoms with Gasteiger partial charge in [-0.1, -0.05) is 12.1 Å². The molecule has 0 radical (unpaired) electrons. The second-order valence-electron chi connectivity index (χ2n) is 5.07. The molecule has 0 aliphatic carbocycles. The zero-order valence-electron chi connectivity index (χ0n) is 11.2. The second kappa shape index (κ2) is 4.92. The molecule has 1 unspecified atom stereocenters. The lowest BCUT2D eigenvalue weighted by molar-refractivity contribution is 0.605. The Morgan fingerprint density at radius 1 is 1.21 bits per heavy atom. The van der Waals surface area contributed by atoms with Crippen LogP contribution in [0.1, 0.15) is 30.6 Å². The summed E-state index contributed by atoms with van der Waals surface area (Å²) in [5, 5.41) is 0. The molecular formula is C16H19N3. The van der Waals surface area contributed by atoms with E-state index >= 15 is 0 Å². The third-order valence-electron chi connectivity index (χ3n) is 3.91. The highest BCUT2D eigenvalue weighted by Crippen LogP contribution is 2.35. The summed E-state index contributed by atoms with van der Waals surface area (Å²) in [7, 11) is 0. The van der Waals surface area contributed by atoms with Crippen molar-refractivity contribution in [2.75, 3.05) is 17.2 Å². The molecule has 0 saturated carbocycles. The minimum atomic E-state index is 0.280. The number of nitrogen functional groups attached to an aromatic ring is 1. The Morgan fingerprint density at radius 3 is 2.89 bits per heavy atom. The third-order valence-corrected chi connectivity index (χ3v) is 3.91. The summed E-state index contributed by atoms with van der Waals surface area (Å²) < 4.78 is 0. The monoisotopic (exact) mass is 253 g/mol. The van der Waals surface area contributed by atoms with Gasteiger partial charge in [-0.25, -0.2) is 0 Å². The Kier molecular flexibility index (Phi) is 3.11. The van der Waals surface area contributed by atoms with Gasteiger partial charge in [0.1, 0.15) is 0 Å². The fourth-order valence-corrected chi connectivity index (χ4v) is 2.87. The van der Waals surface area contributed by atoms with E-state index < -0.39 is 0 Å². The van der Waals surface area contributed by atoms with Gasteiger partial charge < -0.3 is 10.6 Å². The predicted octanol–water partition coefficient (Wildman–Crippen LogP) is 3.18. The summed E-state index contributed by atoms with van der Waals surface area (Å²) in [4.78, 5) is 6.89. The number of hydrogen-bond acceptors (Lipinski definition) is 3. The summed E-state index contributed by atoms with van der Waals surface area (Å²) in [5.74, 6) is 0. The minimum absolute atomic E-state index is 0.280. The van der Waals surface area contributed by atoms with Crippen molar-refractivity contribution in [2.24, 2.45) is 0 Å². The molecule has 1 aromatic carbocycles. The lowest BCUT2D eigenvalue weighted by atomic mass is 9.98. The Hall–Kier alpha value is -2.03. The van der Waals surface area contributed by atoms with Gasteiger partial charge in [0.25, 0.3) is 0 Å². The standard InChI is InChI=1S/C16H19N3/c1-12(15-8-2-3-10-18-15)19-11-5-6-13-14(17)7-4-9-16(13)19/h2-4,7-10,12H,5-6,11,17H2,1H3. The molecular weight excluding hydrogens is 234 g/mol. The summed E-state index contributed by atoms with van der Waals surface area (Å²) in [5.41, 5.74) is 10.7. The highest BCUT2D eigenvalue weighted by molar-refractivity contribution is 5.66. The first-order valence-electron chi connectivity index (χ1n) is 6.82. The lowest BCUT2D eigenvalue weighted by Gasteiger charge is -2.36. The van der Waals surface area contributed by atoms with Crippen molar-refractivity contribution in [1.82, 2.24) is 4.98 Å². The van der Waals surface area contributed by atoms with Crippen LogP contribution in [0.2, 0.25) is 0 Å². The number of aromatic nitrogens is 1. The summed E-state index contributed by atoms with van der Waals surface area (Å²) in [6.45, 7) is 3.27. The average molecular weight is 253 g/mol. The van der Waals surface area contributed by atoms with Crippen molar-refractivity contribution in [1.29, 1.82) is 0 Å². The molecule has 3 heteroatoms. The number of nitrogens with zero attached hydrogens (tertiary/aromatic N) is 2. The molecule has 0 fully saturated rings. The fourth-order valence-electron chi connectivity index (χ4n) is 2.87.